The van der Waals surface area contributed by atoms with Crippen LogP contribution in [0, 0.1) is 6.92 Å². The molecule has 4 heteroatoms. The number of carbonyl (C=O) groups excluding carboxylic acids is 1. The lowest BCUT2D eigenvalue weighted by Gasteiger charge is -2.10. The minimum Gasteiger partial charge on any atom is -0.357 e. The number of nitrogens with zero attached hydrogens (tertiary/aromatic N) is 3. The second-order valence-electron chi connectivity index (χ2n) is 3.48. The summed E-state index contributed by atoms with van der Waals surface area (Å²) in [5, 5.41) is 4.32. The number of Topliss-reactive ketones (excluding diaryl/α,β-unsaturated/α-hetero) is 1. The van der Waals surface area contributed by atoms with Gasteiger partial charge in [0.2, 0.25) is 0 Å². The van der Waals surface area contributed by atoms with E-state index in [1.54, 1.807) is 6.92 Å². The Hall–Kier alpha value is -1.32. The first-order valence-corrected chi connectivity index (χ1v) is 4.40. The molecule has 0 amide bonds. The van der Waals surface area contributed by atoms with Crippen molar-refractivity contribution in [2.75, 3.05) is 18.5 Å². The normalized spacial score (nSPS) is 14.8. The van der Waals surface area contributed by atoms with Gasteiger partial charge in [-0.1, -0.05) is 0 Å². The van der Waals surface area contributed by atoms with E-state index in [2.05, 4.69) is 10.00 Å². The summed E-state index contributed by atoms with van der Waals surface area (Å²) in [5.74, 6) is 1.08. The van der Waals surface area contributed by atoms with Gasteiger partial charge in [-0.3, -0.25) is 4.79 Å². The molecule has 0 spiro atoms. The van der Waals surface area contributed by atoms with Crippen LogP contribution >= 0.6 is 0 Å². The zero-order valence-electron chi connectivity index (χ0n) is 8.16. The van der Waals surface area contributed by atoms with E-state index in [-0.39, 0.29) is 5.78 Å². The maximum atomic E-state index is 11.4. The van der Waals surface area contributed by atoms with Gasteiger partial charge in [-0.15, -0.1) is 0 Å². The average molecular weight is 179 g/mol. The Balaban J connectivity index is 2.61. The van der Waals surface area contributed by atoms with E-state index < -0.39 is 0 Å². The number of hydrogen-bond acceptors (Lipinski definition) is 3. The van der Waals surface area contributed by atoms with Gasteiger partial charge < -0.3 is 4.90 Å². The maximum Gasteiger partial charge on any atom is 0.165 e. The summed E-state index contributed by atoms with van der Waals surface area (Å²) in [7, 11) is 1.99. The summed E-state index contributed by atoms with van der Waals surface area (Å²) in [5.41, 5.74) is 1.62. The number of hydrogen-bond donors (Lipinski definition) is 0. The molecule has 0 fully saturated rings. The first-order chi connectivity index (χ1) is 6.11. The van der Waals surface area contributed by atoms with Crippen LogP contribution in [-0.4, -0.2) is 29.2 Å². The van der Waals surface area contributed by atoms with Gasteiger partial charge in [-0.25, -0.2) is 4.68 Å². The fourth-order valence-corrected chi connectivity index (χ4v) is 1.88. The lowest BCUT2D eigenvalue weighted by Crippen LogP contribution is -2.15. The molecule has 1 aromatic rings. The first kappa shape index (κ1) is 8.29. The maximum absolute atomic E-state index is 11.4. The molecule has 0 unspecified atom stereocenters. The molecule has 0 saturated heterocycles. The van der Waals surface area contributed by atoms with Crippen LogP contribution in [0.3, 0.4) is 0 Å². The predicted molar refractivity (Wildman–Crippen MR) is 50.2 cm³/mol. The monoisotopic (exact) mass is 179 g/mol. The van der Waals surface area contributed by atoms with Crippen molar-refractivity contribution in [1.29, 1.82) is 0 Å². The summed E-state index contributed by atoms with van der Waals surface area (Å²) in [6.07, 6.45) is 0. The van der Waals surface area contributed by atoms with E-state index >= 15 is 0 Å². The third-order valence-corrected chi connectivity index (χ3v) is 2.46. The Morgan fingerprint density at radius 3 is 2.77 bits per heavy atom. The van der Waals surface area contributed by atoms with E-state index in [1.165, 1.54) is 0 Å². The molecule has 0 atom stereocenters. The van der Waals surface area contributed by atoms with E-state index in [9.17, 15) is 4.79 Å². The smallest absolute Gasteiger partial charge is 0.165 e. The van der Waals surface area contributed by atoms with Crippen molar-refractivity contribution < 1.29 is 4.79 Å². The minimum atomic E-state index is 0.104. The largest absolute Gasteiger partial charge is 0.357 e. The van der Waals surface area contributed by atoms with Crippen LogP contribution in [0.5, 0.6) is 0 Å². The van der Waals surface area contributed by atoms with Crippen molar-refractivity contribution in [3.05, 3.63) is 11.3 Å². The van der Waals surface area contributed by atoms with Gasteiger partial charge in [0.15, 0.2) is 5.78 Å². The Bertz CT molecular complexity index is 367. The van der Waals surface area contributed by atoms with E-state index in [0.717, 1.165) is 30.2 Å². The van der Waals surface area contributed by atoms with E-state index in [0.29, 0.717) is 0 Å². The number of carbonyl (C=O) groups is 1. The lowest BCUT2D eigenvalue weighted by molar-refractivity contribution is 0.101. The van der Waals surface area contributed by atoms with Crippen molar-refractivity contribution in [3.63, 3.8) is 0 Å². The van der Waals surface area contributed by atoms with Gasteiger partial charge >= 0.3 is 0 Å². The summed E-state index contributed by atoms with van der Waals surface area (Å²) in [6, 6.07) is 0. The Morgan fingerprint density at radius 1 is 1.46 bits per heavy atom. The quantitative estimate of drug-likeness (QED) is 0.600. The number of likely N-dealkylation sites (N-methyl/N-ethyl adjacent to an activating group) is 1. The van der Waals surface area contributed by atoms with Gasteiger partial charge in [0.1, 0.15) is 5.82 Å². The molecule has 4 nitrogen and oxygen atoms in total. The third kappa shape index (κ3) is 1.05. The molecule has 2 heterocycles. The standard InChI is InChI=1S/C9H13N3O/c1-6-8(7(2)13)9-11(3)4-5-12(9)10-6/h4-5H2,1-3H3. The third-order valence-electron chi connectivity index (χ3n) is 2.46. The summed E-state index contributed by atoms with van der Waals surface area (Å²) >= 11 is 0. The minimum absolute atomic E-state index is 0.104. The molecule has 0 aromatic carbocycles. The van der Waals surface area contributed by atoms with Crippen molar-refractivity contribution >= 4 is 11.6 Å². The molecule has 0 saturated carbocycles. The highest BCUT2D eigenvalue weighted by molar-refractivity contribution is 6.00. The molecule has 13 heavy (non-hydrogen) atoms. The van der Waals surface area contributed by atoms with Gasteiger partial charge in [0, 0.05) is 13.6 Å². The highest BCUT2D eigenvalue weighted by Gasteiger charge is 2.25. The molecular weight excluding hydrogens is 166 g/mol. The zero-order valence-corrected chi connectivity index (χ0v) is 8.16. The molecule has 2 rings (SSSR count). The van der Waals surface area contributed by atoms with Gasteiger partial charge in [0.25, 0.3) is 0 Å². The van der Waals surface area contributed by atoms with Crippen molar-refractivity contribution in [3.8, 4) is 0 Å². The topological polar surface area (TPSA) is 38.1 Å². The van der Waals surface area contributed by atoms with E-state index in [4.69, 9.17) is 0 Å². The number of ketones is 1. The number of aryl methyl sites for hydroxylation is 1. The van der Waals surface area contributed by atoms with Crippen LogP contribution in [0.25, 0.3) is 0 Å². The van der Waals surface area contributed by atoms with Crippen molar-refractivity contribution in [2.45, 2.75) is 20.4 Å². The number of fused-ring (bicyclic) bond motifs is 1. The Labute approximate surface area is 77.1 Å². The van der Waals surface area contributed by atoms with Crippen molar-refractivity contribution in [2.24, 2.45) is 0 Å². The van der Waals surface area contributed by atoms with Crippen LogP contribution in [0.2, 0.25) is 0 Å². The SMILES string of the molecule is CC(=O)c1c(C)nn2c1N(C)CC2. The summed E-state index contributed by atoms with van der Waals surface area (Å²) in [4.78, 5) is 13.4. The highest BCUT2D eigenvalue weighted by atomic mass is 16.1. The summed E-state index contributed by atoms with van der Waals surface area (Å²) in [6.45, 7) is 5.32. The van der Waals surface area contributed by atoms with Crippen molar-refractivity contribution in [1.82, 2.24) is 9.78 Å². The second-order valence-corrected chi connectivity index (χ2v) is 3.48. The van der Waals surface area contributed by atoms with Crippen LogP contribution in [-0.2, 0) is 6.54 Å². The van der Waals surface area contributed by atoms with Crippen LogP contribution in [0.4, 0.5) is 5.82 Å². The Kier molecular flexibility index (Phi) is 1.65. The van der Waals surface area contributed by atoms with Crippen LogP contribution in [0.15, 0.2) is 0 Å². The predicted octanol–water partition coefficient (Wildman–Crippen LogP) is 0.844. The highest BCUT2D eigenvalue weighted by Crippen LogP contribution is 2.27. The summed E-state index contributed by atoms with van der Waals surface area (Å²) < 4.78 is 1.91. The first-order valence-electron chi connectivity index (χ1n) is 4.40. The fraction of sp³-hybridized carbons (Fsp3) is 0.556. The Morgan fingerprint density at radius 2 is 2.15 bits per heavy atom. The van der Waals surface area contributed by atoms with Gasteiger partial charge in [-0.2, -0.15) is 5.10 Å². The number of anilines is 1. The molecule has 0 N–H and O–H groups in total. The molecule has 1 aliphatic heterocycles. The molecule has 70 valence electrons. The van der Waals surface area contributed by atoms with Gasteiger partial charge in [0.05, 0.1) is 17.8 Å². The molecule has 0 bridgehead atoms. The molecular formula is C9H13N3O. The van der Waals surface area contributed by atoms with Crippen LogP contribution in [0.1, 0.15) is 23.0 Å². The molecule has 0 aliphatic carbocycles. The number of rotatable bonds is 1. The fourth-order valence-electron chi connectivity index (χ4n) is 1.88. The zero-order chi connectivity index (χ0) is 9.59. The molecule has 0 radical (unpaired) electrons. The van der Waals surface area contributed by atoms with Crippen LogP contribution < -0.4 is 4.90 Å². The van der Waals surface area contributed by atoms with E-state index in [1.807, 2.05) is 18.7 Å². The van der Waals surface area contributed by atoms with Gasteiger partial charge in [-0.05, 0) is 13.8 Å². The average Bonchev–Trinajstić information content (AvgIpc) is 2.51. The number of aromatic nitrogens is 2. The lowest BCUT2D eigenvalue weighted by atomic mass is 10.2. The second kappa shape index (κ2) is 2.58. The molecule has 1 aliphatic rings. The molecule has 1 aromatic heterocycles.